The van der Waals surface area contributed by atoms with Crippen LogP contribution in [-0.2, 0) is 0 Å². The molecule has 1 aliphatic rings. The van der Waals surface area contributed by atoms with Crippen LogP contribution in [0.3, 0.4) is 0 Å². The summed E-state index contributed by atoms with van der Waals surface area (Å²) in [6, 6.07) is 9.03. The van der Waals surface area contributed by atoms with E-state index in [1.54, 1.807) is 24.3 Å². The molecule has 0 saturated heterocycles. The molecule has 4 N–H and O–H groups in total. The first-order chi connectivity index (χ1) is 11.5. The molecule has 0 bridgehead atoms. The molecular weight excluding hydrogens is 302 g/mol. The Morgan fingerprint density at radius 1 is 1.33 bits per heavy atom. The maximum absolute atomic E-state index is 12.4. The molecule has 24 heavy (non-hydrogen) atoms. The van der Waals surface area contributed by atoms with Gasteiger partial charge in [0.2, 0.25) is 5.95 Å². The first kappa shape index (κ1) is 16.2. The highest BCUT2D eigenvalue weighted by molar-refractivity contribution is 6.04. The first-order valence-electron chi connectivity index (χ1n) is 8.37. The Morgan fingerprint density at radius 3 is 2.79 bits per heavy atom. The Labute approximate surface area is 141 Å². The number of nitrogen functional groups attached to an aromatic ring is 1. The number of carbonyl (C=O) groups excluding carboxylic acids is 1. The highest BCUT2D eigenvalue weighted by Gasteiger charge is 2.26. The van der Waals surface area contributed by atoms with E-state index in [9.17, 15) is 4.79 Å². The molecule has 6 heteroatoms. The molecule has 2 aromatic rings. The van der Waals surface area contributed by atoms with Gasteiger partial charge in [-0.2, -0.15) is 4.98 Å². The van der Waals surface area contributed by atoms with Crippen LogP contribution >= 0.6 is 0 Å². The summed E-state index contributed by atoms with van der Waals surface area (Å²) in [5.74, 6) is 1.34. The number of nitrogens with one attached hydrogen (secondary N) is 2. The van der Waals surface area contributed by atoms with Crippen LogP contribution in [-0.4, -0.2) is 21.9 Å². The van der Waals surface area contributed by atoms with Crippen molar-refractivity contribution in [2.75, 3.05) is 16.4 Å². The average Bonchev–Trinajstić information content (AvgIpc) is 3.39. The van der Waals surface area contributed by atoms with Crippen molar-refractivity contribution in [1.82, 2.24) is 9.97 Å². The van der Waals surface area contributed by atoms with Crippen molar-refractivity contribution in [3.05, 3.63) is 41.6 Å². The van der Waals surface area contributed by atoms with Crippen LogP contribution in [0.25, 0.3) is 0 Å². The zero-order chi connectivity index (χ0) is 17.1. The van der Waals surface area contributed by atoms with E-state index in [2.05, 4.69) is 34.4 Å². The molecule has 1 atom stereocenters. The van der Waals surface area contributed by atoms with E-state index in [4.69, 9.17) is 5.73 Å². The number of carbonyl (C=O) groups is 1. The van der Waals surface area contributed by atoms with Crippen molar-refractivity contribution in [2.24, 2.45) is 0 Å². The van der Waals surface area contributed by atoms with Crippen molar-refractivity contribution in [2.45, 2.75) is 45.1 Å². The van der Waals surface area contributed by atoms with E-state index < -0.39 is 0 Å². The molecule has 1 aromatic carbocycles. The van der Waals surface area contributed by atoms with Gasteiger partial charge >= 0.3 is 0 Å². The van der Waals surface area contributed by atoms with Gasteiger partial charge in [0.25, 0.3) is 5.91 Å². The number of nitrogens with zero attached hydrogens (tertiary/aromatic N) is 2. The normalized spacial score (nSPS) is 14.9. The molecule has 0 spiro atoms. The Hall–Kier alpha value is -2.63. The predicted molar refractivity (Wildman–Crippen MR) is 96.2 cm³/mol. The molecule has 126 valence electrons. The van der Waals surface area contributed by atoms with E-state index in [-0.39, 0.29) is 11.9 Å². The van der Waals surface area contributed by atoms with Gasteiger partial charge in [0, 0.05) is 29.3 Å². The second-order valence-corrected chi connectivity index (χ2v) is 6.31. The molecule has 1 fully saturated rings. The van der Waals surface area contributed by atoms with Crippen LogP contribution < -0.4 is 16.4 Å². The van der Waals surface area contributed by atoms with Gasteiger partial charge in [-0.25, -0.2) is 4.98 Å². The fourth-order valence-corrected chi connectivity index (χ4v) is 2.37. The second kappa shape index (κ2) is 6.86. The Bertz CT molecular complexity index is 742. The summed E-state index contributed by atoms with van der Waals surface area (Å²) in [5.41, 5.74) is 7.80. The van der Waals surface area contributed by atoms with Crippen LogP contribution in [0.5, 0.6) is 0 Å². The molecular formula is C18H23N5O. The van der Waals surface area contributed by atoms with Crippen molar-refractivity contribution < 1.29 is 4.79 Å². The molecule has 1 amide bonds. The number of anilines is 3. The Morgan fingerprint density at radius 2 is 2.12 bits per heavy atom. The van der Waals surface area contributed by atoms with Crippen molar-refractivity contribution in [3.63, 3.8) is 0 Å². The lowest BCUT2D eigenvalue weighted by atomic mass is 10.2. The zero-order valence-electron chi connectivity index (χ0n) is 14.0. The predicted octanol–water partition coefficient (Wildman–Crippen LogP) is 3.40. The highest BCUT2D eigenvalue weighted by atomic mass is 16.1. The molecule has 1 aliphatic carbocycles. The van der Waals surface area contributed by atoms with Gasteiger partial charge in [-0.15, -0.1) is 0 Å². The SMILES string of the molecule is CC[C@H](C)Nc1nc(NC(=O)c2cccc(N)c2)cc(C2CC2)n1. The van der Waals surface area contributed by atoms with Crippen LogP contribution in [0.1, 0.15) is 55.1 Å². The van der Waals surface area contributed by atoms with Crippen molar-refractivity contribution >= 4 is 23.4 Å². The fourth-order valence-electron chi connectivity index (χ4n) is 2.37. The lowest BCUT2D eigenvalue weighted by molar-refractivity contribution is 0.102. The van der Waals surface area contributed by atoms with Crippen LogP contribution in [0.2, 0.25) is 0 Å². The van der Waals surface area contributed by atoms with Gasteiger partial charge in [-0.05, 0) is 44.4 Å². The monoisotopic (exact) mass is 325 g/mol. The van der Waals surface area contributed by atoms with E-state index in [0.29, 0.717) is 28.9 Å². The minimum atomic E-state index is -0.225. The number of amides is 1. The molecule has 0 aliphatic heterocycles. The van der Waals surface area contributed by atoms with Crippen LogP contribution in [0, 0.1) is 0 Å². The molecule has 1 aromatic heterocycles. The van der Waals surface area contributed by atoms with Gasteiger partial charge in [0.05, 0.1) is 5.69 Å². The Balaban J connectivity index is 1.82. The smallest absolute Gasteiger partial charge is 0.256 e. The number of hydrogen-bond donors (Lipinski definition) is 3. The molecule has 1 heterocycles. The third-order valence-corrected chi connectivity index (χ3v) is 4.12. The van der Waals surface area contributed by atoms with Gasteiger partial charge in [-0.1, -0.05) is 13.0 Å². The van der Waals surface area contributed by atoms with Gasteiger partial charge in [-0.3, -0.25) is 4.79 Å². The summed E-state index contributed by atoms with van der Waals surface area (Å²) in [6.45, 7) is 4.18. The topological polar surface area (TPSA) is 92.9 Å². The summed E-state index contributed by atoms with van der Waals surface area (Å²) in [4.78, 5) is 21.4. The van der Waals surface area contributed by atoms with Crippen molar-refractivity contribution in [3.8, 4) is 0 Å². The third-order valence-electron chi connectivity index (χ3n) is 4.12. The lowest BCUT2D eigenvalue weighted by Crippen LogP contribution is -2.18. The van der Waals surface area contributed by atoms with E-state index in [1.165, 1.54) is 0 Å². The number of aromatic nitrogens is 2. The molecule has 6 nitrogen and oxygen atoms in total. The average molecular weight is 325 g/mol. The number of hydrogen-bond acceptors (Lipinski definition) is 5. The quantitative estimate of drug-likeness (QED) is 0.708. The standard InChI is InChI=1S/C18H23N5O/c1-3-11(2)20-18-21-15(12-7-8-12)10-16(23-18)22-17(24)13-5-4-6-14(19)9-13/h4-6,9-12H,3,7-8,19H2,1-2H3,(H2,20,21,22,23,24)/t11-/m0/s1. The van der Waals surface area contributed by atoms with Gasteiger partial charge in [0.15, 0.2) is 0 Å². The van der Waals surface area contributed by atoms with E-state index in [0.717, 1.165) is 25.0 Å². The van der Waals surface area contributed by atoms with E-state index in [1.807, 2.05) is 6.07 Å². The lowest BCUT2D eigenvalue weighted by Gasteiger charge is -2.14. The zero-order valence-corrected chi connectivity index (χ0v) is 14.0. The number of rotatable bonds is 6. The summed E-state index contributed by atoms with van der Waals surface area (Å²) in [5, 5.41) is 6.14. The van der Waals surface area contributed by atoms with Crippen LogP contribution in [0.4, 0.5) is 17.5 Å². The number of benzene rings is 1. The third kappa shape index (κ3) is 4.01. The van der Waals surface area contributed by atoms with Gasteiger partial charge in [0.1, 0.15) is 5.82 Å². The molecule has 0 radical (unpaired) electrons. The fraction of sp³-hybridized carbons (Fsp3) is 0.389. The van der Waals surface area contributed by atoms with Crippen LogP contribution in [0.15, 0.2) is 30.3 Å². The summed E-state index contributed by atoms with van der Waals surface area (Å²) in [7, 11) is 0. The first-order valence-corrected chi connectivity index (χ1v) is 8.37. The summed E-state index contributed by atoms with van der Waals surface area (Å²) < 4.78 is 0. The Kier molecular flexibility index (Phi) is 4.64. The molecule has 1 saturated carbocycles. The maximum Gasteiger partial charge on any atom is 0.256 e. The van der Waals surface area contributed by atoms with Gasteiger partial charge < -0.3 is 16.4 Å². The summed E-state index contributed by atoms with van der Waals surface area (Å²) >= 11 is 0. The van der Waals surface area contributed by atoms with E-state index >= 15 is 0 Å². The second-order valence-electron chi connectivity index (χ2n) is 6.31. The maximum atomic E-state index is 12.4. The van der Waals surface area contributed by atoms with Crippen molar-refractivity contribution in [1.29, 1.82) is 0 Å². The number of nitrogens with two attached hydrogens (primary N) is 1. The summed E-state index contributed by atoms with van der Waals surface area (Å²) in [6.07, 6.45) is 3.26. The minimum Gasteiger partial charge on any atom is -0.399 e. The minimum absolute atomic E-state index is 0.225. The highest BCUT2D eigenvalue weighted by Crippen LogP contribution is 2.40. The molecule has 0 unspecified atom stereocenters. The largest absolute Gasteiger partial charge is 0.399 e. The molecule has 3 rings (SSSR count).